The molecule has 0 bridgehead atoms. The van der Waals surface area contributed by atoms with Crippen molar-refractivity contribution in [3.05, 3.63) is 52.2 Å². The van der Waals surface area contributed by atoms with Gasteiger partial charge in [-0.15, -0.1) is 11.3 Å². The number of thiophene rings is 1. The van der Waals surface area contributed by atoms with Crippen molar-refractivity contribution in [3.8, 4) is 0 Å². The van der Waals surface area contributed by atoms with Crippen molar-refractivity contribution in [2.75, 3.05) is 5.32 Å². The molecule has 0 saturated heterocycles. The fourth-order valence-corrected chi connectivity index (χ4v) is 2.44. The predicted octanol–water partition coefficient (Wildman–Crippen LogP) is 3.33. The molecule has 0 aliphatic carbocycles. The van der Waals surface area contributed by atoms with Gasteiger partial charge in [-0.1, -0.05) is 12.1 Å². The zero-order chi connectivity index (χ0) is 14.5. The van der Waals surface area contributed by atoms with Crippen molar-refractivity contribution >= 4 is 29.0 Å². The van der Waals surface area contributed by atoms with Gasteiger partial charge in [0.05, 0.1) is 11.6 Å². The highest BCUT2D eigenvalue weighted by Gasteiger charge is 2.11. The number of nitrogens with one attached hydrogen (secondary N) is 2. The molecule has 5 nitrogen and oxygen atoms in total. The van der Waals surface area contributed by atoms with Crippen molar-refractivity contribution in [2.45, 2.75) is 13.0 Å². The van der Waals surface area contributed by atoms with Gasteiger partial charge >= 0.3 is 12.0 Å². The highest BCUT2D eigenvalue weighted by Crippen LogP contribution is 2.18. The van der Waals surface area contributed by atoms with Gasteiger partial charge < -0.3 is 15.7 Å². The molecule has 2 aromatic rings. The van der Waals surface area contributed by atoms with E-state index in [9.17, 15) is 9.59 Å². The molecule has 20 heavy (non-hydrogen) atoms. The minimum absolute atomic E-state index is 0.0994. The van der Waals surface area contributed by atoms with Crippen LogP contribution in [0.4, 0.5) is 10.5 Å². The van der Waals surface area contributed by atoms with Crippen LogP contribution in [0.25, 0.3) is 0 Å². The molecule has 0 fully saturated rings. The maximum atomic E-state index is 11.8. The molecule has 0 aliphatic rings. The maximum Gasteiger partial charge on any atom is 0.335 e. The number of rotatable bonds is 4. The van der Waals surface area contributed by atoms with Crippen molar-refractivity contribution in [3.63, 3.8) is 0 Å². The molecule has 104 valence electrons. The number of carboxylic acid groups (broad SMARTS) is 1. The van der Waals surface area contributed by atoms with E-state index >= 15 is 0 Å². The molecule has 1 aromatic heterocycles. The molecule has 1 aromatic carbocycles. The van der Waals surface area contributed by atoms with Crippen LogP contribution in [0, 0.1) is 0 Å². The quantitative estimate of drug-likeness (QED) is 0.808. The van der Waals surface area contributed by atoms with Gasteiger partial charge in [0.1, 0.15) is 0 Å². The van der Waals surface area contributed by atoms with Crippen LogP contribution in [-0.2, 0) is 0 Å². The summed E-state index contributed by atoms with van der Waals surface area (Å²) in [6, 6.07) is 9.51. The van der Waals surface area contributed by atoms with Crippen LogP contribution in [0.3, 0.4) is 0 Å². The average molecular weight is 290 g/mol. The number of amides is 2. The highest BCUT2D eigenvalue weighted by molar-refractivity contribution is 7.10. The van der Waals surface area contributed by atoms with E-state index in [4.69, 9.17) is 5.11 Å². The zero-order valence-electron chi connectivity index (χ0n) is 10.8. The number of aromatic carboxylic acids is 1. The summed E-state index contributed by atoms with van der Waals surface area (Å²) in [5, 5.41) is 16.2. The number of urea groups is 1. The third kappa shape index (κ3) is 3.58. The Morgan fingerprint density at radius 1 is 1.25 bits per heavy atom. The second-order valence-corrected chi connectivity index (χ2v) is 5.20. The Labute approximate surface area is 120 Å². The Hall–Kier alpha value is -2.34. The van der Waals surface area contributed by atoms with Gasteiger partial charge in [-0.05, 0) is 36.6 Å². The van der Waals surface area contributed by atoms with E-state index in [1.54, 1.807) is 23.5 Å². The molecule has 6 heteroatoms. The van der Waals surface area contributed by atoms with Crippen LogP contribution >= 0.6 is 11.3 Å². The van der Waals surface area contributed by atoms with E-state index in [1.165, 1.54) is 12.1 Å². The summed E-state index contributed by atoms with van der Waals surface area (Å²) in [5.74, 6) is -1.03. The van der Waals surface area contributed by atoms with E-state index in [0.29, 0.717) is 5.69 Å². The fourth-order valence-electron chi connectivity index (χ4n) is 1.70. The summed E-state index contributed by atoms with van der Waals surface area (Å²) in [7, 11) is 0. The Morgan fingerprint density at radius 2 is 2.05 bits per heavy atom. The van der Waals surface area contributed by atoms with Gasteiger partial charge in [0, 0.05) is 10.6 Å². The Kier molecular flexibility index (Phi) is 4.37. The van der Waals surface area contributed by atoms with Gasteiger partial charge in [-0.2, -0.15) is 0 Å². The average Bonchev–Trinajstić information content (AvgIpc) is 2.92. The molecular weight excluding hydrogens is 276 g/mol. The summed E-state index contributed by atoms with van der Waals surface area (Å²) in [6.07, 6.45) is 0. The van der Waals surface area contributed by atoms with E-state index in [1.807, 2.05) is 24.4 Å². The minimum atomic E-state index is -1.03. The van der Waals surface area contributed by atoms with Crippen LogP contribution in [-0.4, -0.2) is 17.1 Å². The van der Waals surface area contributed by atoms with Gasteiger partial charge in [0.15, 0.2) is 0 Å². The Balaban J connectivity index is 1.98. The summed E-state index contributed by atoms with van der Waals surface area (Å²) in [6.45, 7) is 1.89. The second kappa shape index (κ2) is 6.21. The number of benzene rings is 1. The van der Waals surface area contributed by atoms with Gasteiger partial charge in [-0.25, -0.2) is 9.59 Å². The first-order valence-electron chi connectivity index (χ1n) is 6.00. The molecule has 2 amide bonds. The van der Waals surface area contributed by atoms with Crippen LogP contribution in [0.1, 0.15) is 28.2 Å². The number of carbonyl (C=O) groups excluding carboxylic acids is 1. The van der Waals surface area contributed by atoms with Crippen LogP contribution < -0.4 is 10.6 Å². The monoisotopic (exact) mass is 290 g/mol. The van der Waals surface area contributed by atoms with Crippen LogP contribution in [0.5, 0.6) is 0 Å². The first-order valence-corrected chi connectivity index (χ1v) is 6.88. The minimum Gasteiger partial charge on any atom is -0.478 e. The molecule has 3 N–H and O–H groups in total. The van der Waals surface area contributed by atoms with Crippen molar-refractivity contribution < 1.29 is 14.7 Å². The van der Waals surface area contributed by atoms with Gasteiger partial charge in [0.2, 0.25) is 0 Å². The molecule has 1 unspecified atom stereocenters. The van der Waals surface area contributed by atoms with Gasteiger partial charge in [0.25, 0.3) is 0 Å². The lowest BCUT2D eigenvalue weighted by Crippen LogP contribution is -2.30. The van der Waals surface area contributed by atoms with E-state index in [2.05, 4.69) is 10.6 Å². The number of carbonyl (C=O) groups is 2. The largest absolute Gasteiger partial charge is 0.478 e. The van der Waals surface area contributed by atoms with E-state index < -0.39 is 5.97 Å². The lowest BCUT2D eigenvalue weighted by atomic mass is 10.2. The van der Waals surface area contributed by atoms with Crippen LogP contribution in [0.2, 0.25) is 0 Å². The van der Waals surface area contributed by atoms with Crippen molar-refractivity contribution in [1.82, 2.24) is 5.32 Å². The first-order chi connectivity index (χ1) is 9.56. The fraction of sp³-hybridized carbons (Fsp3) is 0.143. The van der Waals surface area contributed by atoms with Gasteiger partial charge in [-0.3, -0.25) is 0 Å². The van der Waals surface area contributed by atoms with Crippen LogP contribution in [0.15, 0.2) is 41.8 Å². The normalized spacial score (nSPS) is 11.7. The topological polar surface area (TPSA) is 78.4 Å². The molecule has 1 heterocycles. The third-order valence-corrected chi connectivity index (χ3v) is 3.74. The summed E-state index contributed by atoms with van der Waals surface area (Å²) >= 11 is 1.57. The standard InChI is InChI=1S/C14H14N2O3S/c1-9(12-6-3-7-20-12)15-14(19)16-11-5-2-4-10(8-11)13(17)18/h2-9H,1H3,(H,17,18)(H2,15,16,19). The molecule has 0 spiro atoms. The van der Waals surface area contributed by atoms with Crippen molar-refractivity contribution in [1.29, 1.82) is 0 Å². The molecule has 2 rings (SSSR count). The Bertz CT molecular complexity index is 611. The SMILES string of the molecule is CC(NC(=O)Nc1cccc(C(=O)O)c1)c1cccs1. The highest BCUT2D eigenvalue weighted by atomic mass is 32.1. The number of hydrogen-bond acceptors (Lipinski definition) is 3. The number of carboxylic acids is 1. The summed E-state index contributed by atoms with van der Waals surface area (Å²) < 4.78 is 0. The zero-order valence-corrected chi connectivity index (χ0v) is 11.6. The first kappa shape index (κ1) is 14.1. The Morgan fingerprint density at radius 3 is 2.70 bits per heavy atom. The van der Waals surface area contributed by atoms with Crippen molar-refractivity contribution in [2.24, 2.45) is 0 Å². The lowest BCUT2D eigenvalue weighted by molar-refractivity contribution is 0.0697. The molecule has 0 radical (unpaired) electrons. The summed E-state index contributed by atoms with van der Waals surface area (Å²) in [4.78, 5) is 23.7. The smallest absolute Gasteiger partial charge is 0.335 e. The molecule has 1 atom stereocenters. The van der Waals surface area contributed by atoms with E-state index in [-0.39, 0.29) is 17.6 Å². The summed E-state index contributed by atoms with van der Waals surface area (Å²) in [5.41, 5.74) is 0.579. The number of anilines is 1. The lowest BCUT2D eigenvalue weighted by Gasteiger charge is -2.13. The number of hydrogen-bond donors (Lipinski definition) is 3. The third-order valence-electron chi connectivity index (χ3n) is 2.68. The molecule has 0 saturated carbocycles. The molecule has 0 aliphatic heterocycles. The second-order valence-electron chi connectivity index (χ2n) is 4.22. The predicted molar refractivity (Wildman–Crippen MR) is 78.3 cm³/mol. The maximum absolute atomic E-state index is 11.8. The van der Waals surface area contributed by atoms with E-state index in [0.717, 1.165) is 4.88 Å². The molecular formula is C14H14N2O3S.